The predicted molar refractivity (Wildman–Crippen MR) is 85.3 cm³/mol. The molecule has 0 fully saturated rings. The van der Waals surface area contributed by atoms with Crippen molar-refractivity contribution in [3.05, 3.63) is 16.1 Å². The summed E-state index contributed by atoms with van der Waals surface area (Å²) >= 11 is 1.71. The first-order valence-corrected chi connectivity index (χ1v) is 6.29. The Labute approximate surface area is 124 Å². The second-order valence-corrected chi connectivity index (χ2v) is 5.37. The molecule has 0 saturated heterocycles. The van der Waals surface area contributed by atoms with Gasteiger partial charge in [-0.25, -0.2) is 4.98 Å². The number of thiazole rings is 1. The molecule has 6 heteroatoms. The lowest BCUT2D eigenvalue weighted by Gasteiger charge is -2.12. The van der Waals surface area contributed by atoms with E-state index in [0.717, 1.165) is 24.1 Å². The molecular weight excluding hydrogens is 347 g/mol. The molecule has 0 atom stereocenters. The van der Waals surface area contributed by atoms with Gasteiger partial charge >= 0.3 is 0 Å². The van der Waals surface area contributed by atoms with E-state index in [4.69, 9.17) is 0 Å². The summed E-state index contributed by atoms with van der Waals surface area (Å²) in [7, 11) is 1.79. The van der Waals surface area contributed by atoms with E-state index in [0.29, 0.717) is 5.92 Å². The van der Waals surface area contributed by atoms with Crippen molar-refractivity contribution in [1.29, 1.82) is 0 Å². The Bertz CT molecular complexity index is 349. The Kier molecular flexibility index (Phi) is 8.49. The molecule has 0 aliphatic rings. The normalized spacial score (nSPS) is 11.2. The van der Waals surface area contributed by atoms with E-state index >= 15 is 0 Å². The van der Waals surface area contributed by atoms with Gasteiger partial charge in [0, 0.05) is 24.7 Å². The largest absolute Gasteiger partial charge is 0.356 e. The zero-order valence-electron chi connectivity index (χ0n) is 10.8. The van der Waals surface area contributed by atoms with Crippen LogP contribution in [0.15, 0.2) is 11.2 Å². The van der Waals surface area contributed by atoms with E-state index in [2.05, 4.69) is 34.5 Å². The minimum Gasteiger partial charge on any atom is -0.356 e. The summed E-state index contributed by atoms with van der Waals surface area (Å²) in [4.78, 5) is 9.60. The number of aliphatic imine (C=N–C) groups is 1. The second kappa shape index (κ2) is 8.68. The monoisotopic (exact) mass is 368 g/mol. The molecule has 1 aromatic rings. The number of hydrogen-bond donors (Lipinski definition) is 2. The summed E-state index contributed by atoms with van der Waals surface area (Å²) < 4.78 is 0. The van der Waals surface area contributed by atoms with Gasteiger partial charge in [-0.1, -0.05) is 13.8 Å². The molecule has 0 aliphatic heterocycles. The highest BCUT2D eigenvalue weighted by Gasteiger charge is 2.01. The van der Waals surface area contributed by atoms with E-state index in [1.54, 1.807) is 18.4 Å². The van der Waals surface area contributed by atoms with Gasteiger partial charge in [-0.15, -0.1) is 35.3 Å². The number of halogens is 1. The second-order valence-electron chi connectivity index (χ2n) is 4.05. The number of nitrogens with zero attached hydrogens (tertiary/aromatic N) is 2. The molecule has 98 valence electrons. The van der Waals surface area contributed by atoms with Crippen molar-refractivity contribution >= 4 is 41.3 Å². The van der Waals surface area contributed by atoms with Gasteiger partial charge in [0.25, 0.3) is 0 Å². The highest BCUT2D eigenvalue weighted by atomic mass is 127. The number of hydrogen-bond acceptors (Lipinski definition) is 3. The van der Waals surface area contributed by atoms with Crippen LogP contribution in [0.4, 0.5) is 0 Å². The number of aromatic nitrogens is 1. The molecule has 0 saturated carbocycles. The Balaban J connectivity index is 0.00000256. The molecule has 0 radical (unpaired) electrons. The fraction of sp³-hybridized carbons (Fsp3) is 0.636. The third-order valence-corrected chi connectivity index (χ3v) is 2.91. The molecule has 2 N–H and O–H groups in total. The zero-order chi connectivity index (χ0) is 12.0. The van der Waals surface area contributed by atoms with E-state index in [1.165, 1.54) is 4.88 Å². The number of guanidine groups is 1. The maximum Gasteiger partial charge on any atom is 0.191 e. The summed E-state index contributed by atoms with van der Waals surface area (Å²) in [6.45, 7) is 8.07. The summed E-state index contributed by atoms with van der Waals surface area (Å²) in [5.41, 5.74) is 0. The quantitative estimate of drug-likeness (QED) is 0.488. The minimum atomic E-state index is 0. The Morgan fingerprint density at radius 1 is 1.47 bits per heavy atom. The van der Waals surface area contributed by atoms with Crippen LogP contribution in [0.3, 0.4) is 0 Å². The van der Waals surface area contributed by atoms with Crippen molar-refractivity contribution in [1.82, 2.24) is 15.6 Å². The van der Waals surface area contributed by atoms with E-state index in [9.17, 15) is 0 Å². The lowest BCUT2D eigenvalue weighted by Crippen LogP contribution is -2.38. The van der Waals surface area contributed by atoms with Crippen LogP contribution >= 0.6 is 35.3 Å². The van der Waals surface area contributed by atoms with Crippen molar-refractivity contribution in [2.24, 2.45) is 10.9 Å². The number of aryl methyl sites for hydroxylation is 1. The first-order chi connectivity index (χ1) is 7.61. The molecule has 0 unspecified atom stereocenters. The van der Waals surface area contributed by atoms with Crippen LogP contribution in [0, 0.1) is 12.8 Å². The first kappa shape index (κ1) is 16.6. The SMILES string of the molecule is CN=C(NCc1cnc(C)s1)NCC(C)C.I. The molecule has 0 spiro atoms. The van der Waals surface area contributed by atoms with Gasteiger partial charge in [0.05, 0.1) is 11.6 Å². The maximum atomic E-state index is 4.21. The predicted octanol–water partition coefficient (Wildman–Crippen LogP) is 2.39. The van der Waals surface area contributed by atoms with Crippen molar-refractivity contribution in [2.75, 3.05) is 13.6 Å². The lowest BCUT2D eigenvalue weighted by atomic mass is 10.2. The van der Waals surface area contributed by atoms with Crippen LogP contribution in [-0.2, 0) is 6.54 Å². The van der Waals surface area contributed by atoms with Crippen LogP contribution in [0.2, 0.25) is 0 Å². The zero-order valence-corrected chi connectivity index (χ0v) is 13.9. The molecule has 0 bridgehead atoms. The van der Waals surface area contributed by atoms with Crippen LogP contribution in [0.25, 0.3) is 0 Å². The van der Waals surface area contributed by atoms with E-state index in [1.807, 2.05) is 13.1 Å². The topological polar surface area (TPSA) is 49.3 Å². The number of nitrogens with one attached hydrogen (secondary N) is 2. The minimum absolute atomic E-state index is 0. The molecule has 17 heavy (non-hydrogen) atoms. The van der Waals surface area contributed by atoms with Gasteiger partial charge in [0.2, 0.25) is 0 Å². The average Bonchev–Trinajstić information content (AvgIpc) is 2.64. The van der Waals surface area contributed by atoms with Crippen LogP contribution in [-0.4, -0.2) is 24.5 Å². The smallest absolute Gasteiger partial charge is 0.191 e. The van der Waals surface area contributed by atoms with Crippen LogP contribution in [0.5, 0.6) is 0 Å². The third kappa shape index (κ3) is 6.82. The Morgan fingerprint density at radius 2 is 2.18 bits per heavy atom. The van der Waals surface area contributed by atoms with Crippen molar-refractivity contribution in [3.8, 4) is 0 Å². The van der Waals surface area contributed by atoms with E-state index < -0.39 is 0 Å². The van der Waals surface area contributed by atoms with Gasteiger partial charge in [0.1, 0.15) is 0 Å². The van der Waals surface area contributed by atoms with Crippen molar-refractivity contribution in [3.63, 3.8) is 0 Å². The Morgan fingerprint density at radius 3 is 2.65 bits per heavy atom. The van der Waals surface area contributed by atoms with Gasteiger partial charge in [-0.2, -0.15) is 0 Å². The molecule has 1 heterocycles. The maximum absolute atomic E-state index is 4.21. The Hall–Kier alpha value is -0.370. The highest BCUT2D eigenvalue weighted by Crippen LogP contribution is 2.10. The van der Waals surface area contributed by atoms with Gasteiger partial charge in [-0.3, -0.25) is 4.99 Å². The van der Waals surface area contributed by atoms with Gasteiger partial charge < -0.3 is 10.6 Å². The highest BCUT2D eigenvalue weighted by molar-refractivity contribution is 14.0. The van der Waals surface area contributed by atoms with Crippen LogP contribution in [0.1, 0.15) is 23.7 Å². The first-order valence-electron chi connectivity index (χ1n) is 5.47. The standard InChI is InChI=1S/C11H20N4S.HI/c1-8(2)5-14-11(12-4)15-7-10-6-13-9(3)16-10;/h6,8H,5,7H2,1-4H3,(H2,12,14,15);1H. The fourth-order valence-corrected chi connectivity index (χ4v) is 1.91. The molecule has 4 nitrogen and oxygen atoms in total. The molecule has 1 aromatic heterocycles. The van der Waals surface area contributed by atoms with Crippen molar-refractivity contribution < 1.29 is 0 Å². The number of rotatable bonds is 4. The average molecular weight is 368 g/mol. The van der Waals surface area contributed by atoms with Crippen LogP contribution < -0.4 is 10.6 Å². The molecular formula is C11H21IN4S. The third-order valence-electron chi connectivity index (χ3n) is 2.00. The summed E-state index contributed by atoms with van der Waals surface area (Å²) in [6.07, 6.45) is 1.91. The molecule has 0 aliphatic carbocycles. The van der Waals surface area contributed by atoms with Gasteiger partial charge in [0.15, 0.2) is 5.96 Å². The lowest BCUT2D eigenvalue weighted by molar-refractivity contribution is 0.615. The molecule has 1 rings (SSSR count). The van der Waals surface area contributed by atoms with Crippen molar-refractivity contribution in [2.45, 2.75) is 27.3 Å². The summed E-state index contributed by atoms with van der Waals surface area (Å²) in [5.74, 6) is 1.46. The fourth-order valence-electron chi connectivity index (χ4n) is 1.18. The molecule has 0 amide bonds. The summed E-state index contributed by atoms with van der Waals surface area (Å²) in [6, 6.07) is 0. The summed E-state index contributed by atoms with van der Waals surface area (Å²) in [5, 5.41) is 7.63. The van der Waals surface area contributed by atoms with Gasteiger partial charge in [-0.05, 0) is 12.8 Å². The van der Waals surface area contributed by atoms with E-state index in [-0.39, 0.29) is 24.0 Å². The molecule has 0 aromatic carbocycles.